The first-order valence-corrected chi connectivity index (χ1v) is 6.38. The van der Waals surface area contributed by atoms with Gasteiger partial charge in [0.05, 0.1) is 6.10 Å². The summed E-state index contributed by atoms with van der Waals surface area (Å²) in [6.45, 7) is 2.14. The fourth-order valence-corrected chi connectivity index (χ4v) is 2.73. The van der Waals surface area contributed by atoms with Crippen molar-refractivity contribution in [3.05, 3.63) is 0 Å². The molecule has 2 rings (SSSR count). The summed E-state index contributed by atoms with van der Waals surface area (Å²) in [7, 11) is 1.81. The molecule has 1 saturated carbocycles. The van der Waals surface area contributed by atoms with E-state index in [1.165, 1.54) is 32.1 Å². The molecule has 0 bridgehead atoms. The molecule has 0 aromatic carbocycles. The van der Waals surface area contributed by atoms with Crippen molar-refractivity contribution in [3.63, 3.8) is 0 Å². The number of hydrogen-bond donors (Lipinski definition) is 2. The molecule has 88 valence electrons. The highest BCUT2D eigenvalue weighted by Crippen LogP contribution is 2.17. The molecule has 3 nitrogen and oxygen atoms in total. The first kappa shape index (κ1) is 11.4. The maximum atomic E-state index is 5.34. The molecule has 0 amide bonds. The molecular formula is C12H24N2O. The average molecular weight is 212 g/mol. The third kappa shape index (κ3) is 3.44. The highest BCUT2D eigenvalue weighted by atomic mass is 16.5. The number of methoxy groups -OCH3 is 1. The number of rotatable bonds is 4. The minimum Gasteiger partial charge on any atom is -0.380 e. The van der Waals surface area contributed by atoms with Crippen LogP contribution in [0.25, 0.3) is 0 Å². The van der Waals surface area contributed by atoms with Gasteiger partial charge in [0.1, 0.15) is 0 Å². The lowest BCUT2D eigenvalue weighted by atomic mass is 9.95. The van der Waals surface area contributed by atoms with E-state index in [9.17, 15) is 0 Å². The van der Waals surface area contributed by atoms with Crippen LogP contribution in [-0.4, -0.2) is 38.4 Å². The Balaban J connectivity index is 1.61. The molecule has 3 heteroatoms. The zero-order valence-corrected chi connectivity index (χ0v) is 9.80. The van der Waals surface area contributed by atoms with Crippen LogP contribution < -0.4 is 10.6 Å². The Hall–Kier alpha value is -0.120. The monoisotopic (exact) mass is 212 g/mol. The van der Waals surface area contributed by atoms with Crippen molar-refractivity contribution < 1.29 is 4.74 Å². The summed E-state index contributed by atoms with van der Waals surface area (Å²) >= 11 is 0. The summed E-state index contributed by atoms with van der Waals surface area (Å²) < 4.78 is 5.34. The van der Waals surface area contributed by atoms with E-state index in [1.54, 1.807) is 0 Å². The van der Waals surface area contributed by atoms with Crippen LogP contribution >= 0.6 is 0 Å². The van der Waals surface area contributed by atoms with Gasteiger partial charge in [-0.05, 0) is 19.3 Å². The Morgan fingerprint density at radius 2 is 2.07 bits per heavy atom. The van der Waals surface area contributed by atoms with E-state index >= 15 is 0 Å². The molecule has 2 unspecified atom stereocenters. The Morgan fingerprint density at radius 1 is 1.27 bits per heavy atom. The summed E-state index contributed by atoms with van der Waals surface area (Å²) in [6.07, 6.45) is 8.61. The number of hydrogen-bond acceptors (Lipinski definition) is 3. The summed E-state index contributed by atoms with van der Waals surface area (Å²) in [6, 6.07) is 1.40. The first-order valence-electron chi connectivity index (χ1n) is 6.38. The van der Waals surface area contributed by atoms with E-state index in [0.717, 1.165) is 25.6 Å². The van der Waals surface area contributed by atoms with Crippen molar-refractivity contribution in [2.45, 2.75) is 56.7 Å². The van der Waals surface area contributed by atoms with Gasteiger partial charge in [-0.25, -0.2) is 0 Å². The first-order chi connectivity index (χ1) is 7.38. The van der Waals surface area contributed by atoms with Crippen LogP contribution in [0.4, 0.5) is 0 Å². The predicted molar refractivity (Wildman–Crippen MR) is 62.1 cm³/mol. The molecule has 1 heterocycles. The normalized spacial score (nSPS) is 33.4. The van der Waals surface area contributed by atoms with Gasteiger partial charge in [-0.15, -0.1) is 0 Å². The zero-order chi connectivity index (χ0) is 10.5. The van der Waals surface area contributed by atoms with Gasteiger partial charge in [-0.2, -0.15) is 0 Å². The minimum absolute atomic E-state index is 0.433. The van der Waals surface area contributed by atoms with Crippen LogP contribution in [0.3, 0.4) is 0 Å². The van der Waals surface area contributed by atoms with E-state index in [4.69, 9.17) is 4.74 Å². The molecule has 0 aromatic rings. The fraction of sp³-hybridized carbons (Fsp3) is 1.00. The second kappa shape index (κ2) is 5.83. The van der Waals surface area contributed by atoms with Crippen LogP contribution in [0.15, 0.2) is 0 Å². The fourth-order valence-electron chi connectivity index (χ4n) is 2.73. The largest absolute Gasteiger partial charge is 0.380 e. The second-order valence-electron chi connectivity index (χ2n) is 4.94. The Morgan fingerprint density at radius 3 is 2.73 bits per heavy atom. The number of nitrogens with one attached hydrogen (secondary N) is 2. The summed E-state index contributed by atoms with van der Waals surface area (Å²) in [5.41, 5.74) is 0. The van der Waals surface area contributed by atoms with Crippen molar-refractivity contribution in [1.29, 1.82) is 0 Å². The standard InChI is InChI=1S/C12H24N2O/c1-15-12-7-11(14-9-12)8-13-10-5-3-2-4-6-10/h10-14H,2-9H2,1H3. The SMILES string of the molecule is COC1CNC(CNC2CCCCC2)C1. The smallest absolute Gasteiger partial charge is 0.0711 e. The molecule has 1 aliphatic carbocycles. The van der Waals surface area contributed by atoms with E-state index in [0.29, 0.717) is 12.1 Å². The van der Waals surface area contributed by atoms with Gasteiger partial charge in [0, 0.05) is 32.3 Å². The van der Waals surface area contributed by atoms with Crippen molar-refractivity contribution >= 4 is 0 Å². The van der Waals surface area contributed by atoms with Gasteiger partial charge < -0.3 is 15.4 Å². The molecule has 2 N–H and O–H groups in total. The van der Waals surface area contributed by atoms with E-state index < -0.39 is 0 Å². The molecule has 2 atom stereocenters. The van der Waals surface area contributed by atoms with Crippen LogP contribution in [0.1, 0.15) is 38.5 Å². The van der Waals surface area contributed by atoms with Crippen molar-refractivity contribution in [2.75, 3.05) is 20.2 Å². The van der Waals surface area contributed by atoms with Gasteiger partial charge in [-0.1, -0.05) is 19.3 Å². The zero-order valence-electron chi connectivity index (χ0n) is 9.80. The average Bonchev–Trinajstić information content (AvgIpc) is 2.76. The molecular weight excluding hydrogens is 188 g/mol. The second-order valence-corrected chi connectivity index (χ2v) is 4.94. The van der Waals surface area contributed by atoms with Crippen LogP contribution in [0.2, 0.25) is 0 Å². The lowest BCUT2D eigenvalue weighted by Gasteiger charge is -2.24. The van der Waals surface area contributed by atoms with Crippen molar-refractivity contribution in [3.8, 4) is 0 Å². The number of ether oxygens (including phenoxy) is 1. The summed E-state index contributed by atoms with van der Waals surface area (Å²) in [5.74, 6) is 0. The maximum absolute atomic E-state index is 5.34. The topological polar surface area (TPSA) is 33.3 Å². The third-order valence-corrected chi connectivity index (χ3v) is 3.77. The van der Waals surface area contributed by atoms with E-state index in [2.05, 4.69) is 10.6 Å². The van der Waals surface area contributed by atoms with Gasteiger partial charge in [0.2, 0.25) is 0 Å². The highest BCUT2D eigenvalue weighted by molar-refractivity contribution is 4.85. The maximum Gasteiger partial charge on any atom is 0.0711 e. The summed E-state index contributed by atoms with van der Waals surface area (Å²) in [4.78, 5) is 0. The van der Waals surface area contributed by atoms with E-state index in [-0.39, 0.29) is 0 Å². The molecule has 0 aromatic heterocycles. The van der Waals surface area contributed by atoms with E-state index in [1.807, 2.05) is 7.11 Å². The van der Waals surface area contributed by atoms with Crippen molar-refractivity contribution in [1.82, 2.24) is 10.6 Å². The van der Waals surface area contributed by atoms with Crippen LogP contribution in [0.5, 0.6) is 0 Å². The Bertz CT molecular complexity index is 180. The van der Waals surface area contributed by atoms with Gasteiger partial charge in [-0.3, -0.25) is 0 Å². The molecule has 2 aliphatic rings. The molecule has 15 heavy (non-hydrogen) atoms. The third-order valence-electron chi connectivity index (χ3n) is 3.77. The molecule has 0 radical (unpaired) electrons. The van der Waals surface area contributed by atoms with Gasteiger partial charge in [0.15, 0.2) is 0 Å². The Labute approximate surface area is 93.0 Å². The minimum atomic E-state index is 0.433. The predicted octanol–water partition coefficient (Wildman–Crippen LogP) is 1.29. The van der Waals surface area contributed by atoms with Crippen LogP contribution in [-0.2, 0) is 4.74 Å². The lowest BCUT2D eigenvalue weighted by Crippen LogP contribution is -2.40. The van der Waals surface area contributed by atoms with Crippen LogP contribution in [0, 0.1) is 0 Å². The lowest BCUT2D eigenvalue weighted by molar-refractivity contribution is 0.117. The van der Waals surface area contributed by atoms with Crippen molar-refractivity contribution in [2.24, 2.45) is 0 Å². The molecule has 2 fully saturated rings. The Kier molecular flexibility index (Phi) is 4.42. The summed E-state index contributed by atoms with van der Waals surface area (Å²) in [5, 5.41) is 7.20. The highest BCUT2D eigenvalue weighted by Gasteiger charge is 2.24. The molecule has 1 aliphatic heterocycles. The van der Waals surface area contributed by atoms with Gasteiger partial charge >= 0.3 is 0 Å². The molecule has 0 spiro atoms. The molecule has 1 saturated heterocycles. The quantitative estimate of drug-likeness (QED) is 0.736. The van der Waals surface area contributed by atoms with Gasteiger partial charge in [0.25, 0.3) is 0 Å².